The van der Waals surface area contributed by atoms with Gasteiger partial charge in [0.25, 0.3) is 0 Å². The Morgan fingerprint density at radius 1 is 1.33 bits per heavy atom. The number of hydrogen-bond donors (Lipinski definition) is 1. The molecule has 1 N–H and O–H groups in total. The highest BCUT2D eigenvalue weighted by Crippen LogP contribution is 2.41. The van der Waals surface area contributed by atoms with Gasteiger partial charge in [-0.25, -0.2) is 9.50 Å². The molecule has 0 radical (unpaired) electrons. The summed E-state index contributed by atoms with van der Waals surface area (Å²) in [5, 5.41) is 14.9. The zero-order valence-corrected chi connectivity index (χ0v) is 14.7. The summed E-state index contributed by atoms with van der Waals surface area (Å²) in [6.45, 7) is 0.716. The number of ether oxygens (including phenoxy) is 1. The predicted molar refractivity (Wildman–Crippen MR) is 94.4 cm³/mol. The molecule has 2 atom stereocenters. The van der Waals surface area contributed by atoms with Gasteiger partial charge < -0.3 is 14.7 Å². The molecule has 1 aromatic carbocycles. The molecule has 124 valence electrons. The van der Waals surface area contributed by atoms with E-state index in [4.69, 9.17) is 4.74 Å². The molecule has 1 aliphatic heterocycles. The Balaban J connectivity index is 1.86. The van der Waals surface area contributed by atoms with Gasteiger partial charge in [0.2, 0.25) is 0 Å². The number of benzene rings is 1. The van der Waals surface area contributed by atoms with E-state index in [9.17, 15) is 5.11 Å². The van der Waals surface area contributed by atoms with Crippen molar-refractivity contribution in [3.8, 4) is 5.75 Å². The molecule has 1 aliphatic rings. The molecule has 0 aliphatic carbocycles. The van der Waals surface area contributed by atoms with Gasteiger partial charge in [0.05, 0.1) is 29.9 Å². The average Bonchev–Trinajstić information content (AvgIpc) is 3.18. The third kappa shape index (κ3) is 2.35. The monoisotopic (exact) mass is 388 g/mol. The molecule has 1 fully saturated rings. The van der Waals surface area contributed by atoms with Crippen LogP contribution < -0.4 is 9.64 Å². The number of rotatable bonds is 3. The first-order valence-corrected chi connectivity index (χ1v) is 8.55. The smallest absolute Gasteiger partial charge is 0.156 e. The maximum Gasteiger partial charge on any atom is 0.156 e. The zero-order valence-electron chi connectivity index (χ0n) is 13.1. The van der Waals surface area contributed by atoms with Crippen LogP contribution in [0.1, 0.15) is 18.0 Å². The van der Waals surface area contributed by atoms with Crippen LogP contribution in [0.3, 0.4) is 0 Å². The first-order chi connectivity index (χ1) is 11.7. The van der Waals surface area contributed by atoms with Gasteiger partial charge in [0.1, 0.15) is 11.3 Å². The molecule has 6 nitrogen and oxygen atoms in total. The number of fused-ring (bicyclic) bond motifs is 1. The molecule has 0 unspecified atom stereocenters. The van der Waals surface area contributed by atoms with E-state index in [1.165, 1.54) is 0 Å². The molecule has 1 saturated heterocycles. The lowest BCUT2D eigenvalue weighted by atomic mass is 10.0. The first kappa shape index (κ1) is 15.4. The second kappa shape index (κ2) is 6.07. The van der Waals surface area contributed by atoms with E-state index in [-0.39, 0.29) is 6.04 Å². The van der Waals surface area contributed by atoms with Gasteiger partial charge in [-0.3, -0.25) is 0 Å². The standard InChI is InChI=1S/C17H17BrN4O2/c1-24-14-5-3-2-4-11(14)15-13(23)6-8-21(15)17-16-12(18)10-20-22(16)9-7-19-17/h2-5,7,9-10,13,15,23H,6,8H2,1H3/t13-,15-/m1/s1. The number of nitrogens with zero attached hydrogens (tertiary/aromatic N) is 4. The van der Waals surface area contributed by atoms with E-state index >= 15 is 0 Å². The van der Waals surface area contributed by atoms with Crippen molar-refractivity contribution in [1.29, 1.82) is 0 Å². The fourth-order valence-electron chi connectivity index (χ4n) is 3.40. The number of aliphatic hydroxyl groups excluding tert-OH is 1. The molecule has 3 heterocycles. The minimum atomic E-state index is -0.481. The Labute approximate surface area is 147 Å². The number of hydrogen-bond acceptors (Lipinski definition) is 5. The summed E-state index contributed by atoms with van der Waals surface area (Å²) >= 11 is 3.55. The summed E-state index contributed by atoms with van der Waals surface area (Å²) < 4.78 is 8.17. The lowest BCUT2D eigenvalue weighted by molar-refractivity contribution is 0.163. The van der Waals surface area contributed by atoms with Crippen molar-refractivity contribution in [3.05, 3.63) is 52.9 Å². The molecular weight excluding hydrogens is 372 g/mol. The van der Waals surface area contributed by atoms with E-state index < -0.39 is 6.10 Å². The minimum Gasteiger partial charge on any atom is -0.496 e. The first-order valence-electron chi connectivity index (χ1n) is 7.76. The third-order valence-corrected chi connectivity index (χ3v) is 5.04. The van der Waals surface area contributed by atoms with Gasteiger partial charge in [-0.1, -0.05) is 18.2 Å². The summed E-state index contributed by atoms with van der Waals surface area (Å²) in [7, 11) is 1.65. The van der Waals surface area contributed by atoms with E-state index in [0.717, 1.165) is 27.1 Å². The highest BCUT2D eigenvalue weighted by atomic mass is 79.9. The number of para-hydroxylation sites is 1. The molecule has 0 saturated carbocycles. The molecule has 0 bridgehead atoms. The van der Waals surface area contributed by atoms with E-state index in [2.05, 4.69) is 30.9 Å². The molecule has 7 heteroatoms. The van der Waals surface area contributed by atoms with E-state index in [0.29, 0.717) is 13.0 Å². The van der Waals surface area contributed by atoms with Crippen molar-refractivity contribution < 1.29 is 9.84 Å². The Hall–Kier alpha value is -2.12. The summed E-state index contributed by atoms with van der Waals surface area (Å²) in [6, 6.07) is 7.60. The summed E-state index contributed by atoms with van der Waals surface area (Å²) in [5.74, 6) is 1.57. The van der Waals surface area contributed by atoms with Crippen molar-refractivity contribution >= 4 is 27.3 Å². The van der Waals surface area contributed by atoms with Crippen LogP contribution in [0.15, 0.2) is 47.3 Å². The van der Waals surface area contributed by atoms with Crippen LogP contribution in [-0.2, 0) is 0 Å². The van der Waals surface area contributed by atoms with Crippen LogP contribution in [0.4, 0.5) is 5.82 Å². The lowest BCUT2D eigenvalue weighted by Crippen LogP contribution is -2.28. The van der Waals surface area contributed by atoms with Gasteiger partial charge in [0, 0.05) is 24.5 Å². The number of anilines is 1. The van der Waals surface area contributed by atoms with Crippen LogP contribution in [0.2, 0.25) is 0 Å². The van der Waals surface area contributed by atoms with Crippen LogP contribution in [0.25, 0.3) is 5.52 Å². The maximum absolute atomic E-state index is 10.6. The van der Waals surface area contributed by atoms with Crippen LogP contribution in [0, 0.1) is 0 Å². The summed E-state index contributed by atoms with van der Waals surface area (Å²) in [4.78, 5) is 6.70. The van der Waals surface area contributed by atoms with Crippen molar-refractivity contribution in [2.45, 2.75) is 18.6 Å². The van der Waals surface area contributed by atoms with Crippen LogP contribution in [0.5, 0.6) is 5.75 Å². The van der Waals surface area contributed by atoms with E-state index in [1.54, 1.807) is 24.0 Å². The largest absolute Gasteiger partial charge is 0.496 e. The topological polar surface area (TPSA) is 62.9 Å². The zero-order chi connectivity index (χ0) is 16.7. The fraction of sp³-hybridized carbons (Fsp3) is 0.294. The Kier molecular flexibility index (Phi) is 3.90. The second-order valence-corrected chi connectivity index (χ2v) is 6.63. The molecule has 0 amide bonds. The van der Waals surface area contributed by atoms with Crippen molar-refractivity contribution in [1.82, 2.24) is 14.6 Å². The highest BCUT2D eigenvalue weighted by Gasteiger charge is 2.37. The molecule has 3 aromatic rings. The van der Waals surface area contributed by atoms with Gasteiger partial charge in [-0.15, -0.1) is 0 Å². The van der Waals surface area contributed by atoms with Gasteiger partial charge in [0.15, 0.2) is 5.82 Å². The highest BCUT2D eigenvalue weighted by molar-refractivity contribution is 9.10. The molecule has 0 spiro atoms. The fourth-order valence-corrected chi connectivity index (χ4v) is 3.85. The van der Waals surface area contributed by atoms with Crippen molar-refractivity contribution in [2.75, 3.05) is 18.6 Å². The maximum atomic E-state index is 10.6. The number of halogens is 1. The molecule has 4 rings (SSSR count). The third-order valence-electron chi connectivity index (χ3n) is 4.46. The van der Waals surface area contributed by atoms with Gasteiger partial charge >= 0.3 is 0 Å². The normalized spacial score (nSPS) is 20.7. The lowest BCUT2D eigenvalue weighted by Gasteiger charge is -2.29. The number of methoxy groups -OCH3 is 1. The SMILES string of the molecule is COc1ccccc1[C@@H]1[C@H](O)CCN1c1nccn2ncc(Br)c12. The van der Waals surface area contributed by atoms with Crippen LogP contribution >= 0.6 is 15.9 Å². The Morgan fingerprint density at radius 3 is 3.00 bits per heavy atom. The second-order valence-electron chi connectivity index (χ2n) is 5.77. The number of aromatic nitrogens is 3. The quantitative estimate of drug-likeness (QED) is 0.747. The molecular formula is C17H17BrN4O2. The summed E-state index contributed by atoms with van der Waals surface area (Å²) in [6.07, 6.45) is 5.49. The Morgan fingerprint density at radius 2 is 2.17 bits per heavy atom. The predicted octanol–water partition coefficient (Wildman–Crippen LogP) is 2.81. The van der Waals surface area contributed by atoms with E-state index in [1.807, 2.05) is 30.5 Å². The average molecular weight is 389 g/mol. The minimum absolute atomic E-state index is 0.207. The number of aliphatic hydroxyl groups is 1. The van der Waals surface area contributed by atoms with Crippen molar-refractivity contribution in [3.63, 3.8) is 0 Å². The van der Waals surface area contributed by atoms with Crippen molar-refractivity contribution in [2.24, 2.45) is 0 Å². The molecule has 2 aromatic heterocycles. The van der Waals surface area contributed by atoms with Crippen LogP contribution in [-0.4, -0.2) is 39.5 Å². The molecule has 24 heavy (non-hydrogen) atoms. The summed E-state index contributed by atoms with van der Waals surface area (Å²) in [5.41, 5.74) is 1.86. The Bertz CT molecular complexity index is 882. The van der Waals surface area contributed by atoms with Gasteiger partial charge in [-0.05, 0) is 28.4 Å². The van der Waals surface area contributed by atoms with Gasteiger partial charge in [-0.2, -0.15) is 5.10 Å².